The lowest BCUT2D eigenvalue weighted by molar-refractivity contribution is 0.135. The van der Waals surface area contributed by atoms with E-state index in [9.17, 15) is 0 Å². The fraction of sp³-hybridized carbons (Fsp3) is 0.952. The normalized spacial score (nSPS) is 14.8. The largest absolute Gasteiger partial charge is 0.356 e. The summed E-state index contributed by atoms with van der Waals surface area (Å²) < 4.78 is 0. The van der Waals surface area contributed by atoms with Crippen LogP contribution in [0.25, 0.3) is 0 Å². The average Bonchev–Trinajstić information content (AvgIpc) is 3.42. The molecule has 0 radical (unpaired) electrons. The first-order valence-corrected chi connectivity index (χ1v) is 21.0. The Morgan fingerprint density at radius 3 is 0.795 bits per heavy atom. The molecular weight excluding hydrogens is 532 g/mol. The third-order valence-electron chi connectivity index (χ3n) is 10.3. The number of hydrogen-bond donors (Lipinski definition) is 0. The lowest BCUT2D eigenvalue weighted by Crippen LogP contribution is -2.39. The summed E-state index contributed by atoms with van der Waals surface area (Å²) in [6, 6.07) is 0. The lowest BCUT2D eigenvalue weighted by atomic mass is 10.0. The fourth-order valence-electron chi connectivity index (χ4n) is 7.25. The summed E-state index contributed by atoms with van der Waals surface area (Å²) in [5.41, 5.74) is 0. The number of rotatable bonds is 36. The maximum absolute atomic E-state index is 2.72. The van der Waals surface area contributed by atoms with Crippen molar-refractivity contribution in [3.8, 4) is 0 Å². The quantitative estimate of drug-likeness (QED) is 0.0646. The van der Waals surface area contributed by atoms with Crippen molar-refractivity contribution in [1.29, 1.82) is 0 Å². The Kier molecular flexibility index (Phi) is 31.7. The summed E-state index contributed by atoms with van der Waals surface area (Å²) in [4.78, 5) is 5.43. The van der Waals surface area contributed by atoms with Crippen LogP contribution in [0.3, 0.4) is 0 Å². The van der Waals surface area contributed by atoms with Gasteiger partial charge in [0.15, 0.2) is 0 Å². The van der Waals surface area contributed by atoms with E-state index in [1.165, 1.54) is 231 Å². The molecule has 0 fully saturated rings. The molecule has 1 aliphatic rings. The molecular formula is C42H84N2. The van der Waals surface area contributed by atoms with Crippen LogP contribution in [-0.4, -0.2) is 29.1 Å². The molecule has 1 unspecified atom stereocenters. The Bertz CT molecular complexity index is 572. The van der Waals surface area contributed by atoms with Crippen LogP contribution in [0, 0.1) is 0 Å². The van der Waals surface area contributed by atoms with Crippen molar-refractivity contribution in [3.63, 3.8) is 0 Å². The molecule has 0 spiro atoms. The minimum atomic E-state index is 0.639. The van der Waals surface area contributed by atoms with E-state index in [-0.39, 0.29) is 0 Å². The molecule has 0 saturated heterocycles. The van der Waals surface area contributed by atoms with Crippen molar-refractivity contribution in [2.24, 2.45) is 0 Å². The highest BCUT2D eigenvalue weighted by Crippen LogP contribution is 2.24. The molecule has 0 saturated carbocycles. The van der Waals surface area contributed by atoms with Gasteiger partial charge in [-0.05, 0) is 25.7 Å². The van der Waals surface area contributed by atoms with Gasteiger partial charge >= 0.3 is 0 Å². The van der Waals surface area contributed by atoms with E-state index < -0.39 is 0 Å². The fourth-order valence-corrected chi connectivity index (χ4v) is 7.25. The Morgan fingerprint density at radius 1 is 0.295 bits per heavy atom. The van der Waals surface area contributed by atoms with Crippen LogP contribution in [-0.2, 0) is 0 Å². The van der Waals surface area contributed by atoms with Crippen molar-refractivity contribution >= 4 is 0 Å². The first kappa shape index (κ1) is 41.4. The van der Waals surface area contributed by atoms with E-state index in [0.717, 1.165) is 0 Å². The summed E-state index contributed by atoms with van der Waals surface area (Å²) >= 11 is 0. The smallest absolute Gasteiger partial charge is 0.101 e. The van der Waals surface area contributed by atoms with E-state index >= 15 is 0 Å². The van der Waals surface area contributed by atoms with E-state index in [4.69, 9.17) is 0 Å². The topological polar surface area (TPSA) is 6.48 Å². The summed E-state index contributed by atoms with van der Waals surface area (Å²) in [5, 5.41) is 0. The third-order valence-corrected chi connectivity index (χ3v) is 10.3. The number of hydrogen-bond acceptors (Lipinski definition) is 2. The van der Waals surface area contributed by atoms with Gasteiger partial charge in [-0.1, -0.05) is 213 Å². The second-order valence-electron chi connectivity index (χ2n) is 14.6. The zero-order valence-corrected chi connectivity index (χ0v) is 31.1. The number of unbranched alkanes of at least 4 members (excludes halogenated alkanes) is 30. The third kappa shape index (κ3) is 25.5. The van der Waals surface area contributed by atoms with Gasteiger partial charge < -0.3 is 9.80 Å². The van der Waals surface area contributed by atoms with E-state index in [1.807, 2.05) is 0 Å². The van der Waals surface area contributed by atoms with Crippen LogP contribution in [0.15, 0.2) is 12.4 Å². The first-order valence-electron chi connectivity index (χ1n) is 21.0. The van der Waals surface area contributed by atoms with Crippen molar-refractivity contribution < 1.29 is 0 Å². The average molecular weight is 617 g/mol. The Morgan fingerprint density at radius 2 is 0.523 bits per heavy atom. The minimum Gasteiger partial charge on any atom is -0.356 e. The summed E-state index contributed by atoms with van der Waals surface area (Å²) in [7, 11) is 0. The zero-order chi connectivity index (χ0) is 31.6. The molecule has 2 nitrogen and oxygen atoms in total. The molecule has 262 valence electrons. The lowest BCUT2D eigenvalue weighted by Gasteiger charge is -2.33. The molecule has 44 heavy (non-hydrogen) atoms. The monoisotopic (exact) mass is 617 g/mol. The van der Waals surface area contributed by atoms with Gasteiger partial charge in [-0.15, -0.1) is 0 Å². The van der Waals surface area contributed by atoms with Gasteiger partial charge in [-0.3, -0.25) is 0 Å². The number of nitrogens with zero attached hydrogens (tertiary/aromatic N) is 2. The van der Waals surface area contributed by atoms with Crippen molar-refractivity contribution in [1.82, 2.24) is 9.80 Å². The highest BCUT2D eigenvalue weighted by Gasteiger charge is 2.24. The van der Waals surface area contributed by atoms with Gasteiger partial charge in [0.05, 0.1) is 0 Å². The predicted octanol–water partition coefficient (Wildman–Crippen LogP) is 14.7. The first-order chi connectivity index (χ1) is 21.8. The summed E-state index contributed by atoms with van der Waals surface area (Å²) in [6.45, 7) is 9.48. The van der Waals surface area contributed by atoms with Gasteiger partial charge in [0.2, 0.25) is 0 Å². The molecule has 1 rings (SSSR count). The molecule has 0 aromatic heterocycles. The molecule has 0 bridgehead atoms. The summed E-state index contributed by atoms with van der Waals surface area (Å²) in [6.07, 6.45) is 54.4. The Hall–Kier alpha value is -0.660. The standard InChI is InChI=1S/C42H84N2/c1-4-7-10-13-16-18-20-22-23-24-25-27-29-31-34-37-42-43(38-35-32-15-12-9-6-3)40-41-44(42)39-36-33-30-28-26-21-19-17-14-11-8-5-2/h40-42H,4-39H2,1-3H3. The molecule has 0 aromatic carbocycles. The zero-order valence-electron chi connectivity index (χ0n) is 31.1. The van der Waals surface area contributed by atoms with Gasteiger partial charge in [0, 0.05) is 25.5 Å². The van der Waals surface area contributed by atoms with Crippen LogP contribution >= 0.6 is 0 Å². The van der Waals surface area contributed by atoms with Crippen molar-refractivity contribution in [2.75, 3.05) is 13.1 Å². The van der Waals surface area contributed by atoms with Crippen molar-refractivity contribution in [2.45, 2.75) is 245 Å². The maximum Gasteiger partial charge on any atom is 0.101 e. The second-order valence-corrected chi connectivity index (χ2v) is 14.6. The Labute approximate surface area is 280 Å². The van der Waals surface area contributed by atoms with E-state index in [1.54, 1.807) is 0 Å². The SMILES string of the molecule is CCCCCCCCCCCCCCCCCC1N(CCCCCCCC)C=CN1CCCCCCCCCCCCCC. The molecule has 0 amide bonds. The minimum absolute atomic E-state index is 0.639. The Balaban J connectivity index is 2.16. The molecule has 0 N–H and O–H groups in total. The van der Waals surface area contributed by atoms with Gasteiger partial charge in [0.1, 0.15) is 6.17 Å². The van der Waals surface area contributed by atoms with Gasteiger partial charge in [-0.25, -0.2) is 0 Å². The summed E-state index contributed by atoms with van der Waals surface area (Å²) in [5.74, 6) is 0. The van der Waals surface area contributed by atoms with E-state index in [2.05, 4.69) is 43.0 Å². The van der Waals surface area contributed by atoms with Gasteiger partial charge in [0.25, 0.3) is 0 Å². The van der Waals surface area contributed by atoms with Crippen LogP contribution in [0.1, 0.15) is 239 Å². The van der Waals surface area contributed by atoms with Crippen LogP contribution in [0.5, 0.6) is 0 Å². The van der Waals surface area contributed by atoms with Crippen LogP contribution in [0.4, 0.5) is 0 Å². The van der Waals surface area contributed by atoms with Gasteiger partial charge in [-0.2, -0.15) is 0 Å². The van der Waals surface area contributed by atoms with Crippen molar-refractivity contribution in [3.05, 3.63) is 12.4 Å². The highest BCUT2D eigenvalue weighted by molar-refractivity contribution is 4.97. The van der Waals surface area contributed by atoms with Crippen LogP contribution in [0.2, 0.25) is 0 Å². The second kappa shape index (κ2) is 33.7. The maximum atomic E-state index is 2.72. The highest BCUT2D eigenvalue weighted by atomic mass is 15.4. The molecule has 0 aliphatic carbocycles. The molecule has 1 aliphatic heterocycles. The van der Waals surface area contributed by atoms with E-state index in [0.29, 0.717) is 6.17 Å². The predicted molar refractivity (Wildman–Crippen MR) is 200 cm³/mol. The molecule has 2 heteroatoms. The molecule has 0 aromatic rings. The molecule has 1 heterocycles. The van der Waals surface area contributed by atoms with Crippen LogP contribution < -0.4 is 0 Å². The molecule has 1 atom stereocenters.